The first-order chi connectivity index (χ1) is 14.7. The van der Waals surface area contributed by atoms with E-state index in [-0.39, 0.29) is 22.3 Å². The first kappa shape index (κ1) is 22.7. The molecule has 1 heterocycles. The monoisotopic (exact) mass is 467 g/mol. The van der Waals surface area contributed by atoms with Crippen molar-refractivity contribution in [2.45, 2.75) is 13.0 Å². The van der Waals surface area contributed by atoms with E-state index in [1.807, 2.05) is 9.80 Å². The zero-order valence-corrected chi connectivity index (χ0v) is 18.0. The van der Waals surface area contributed by atoms with Gasteiger partial charge in [0.05, 0.1) is 26.6 Å². The summed E-state index contributed by atoms with van der Waals surface area (Å²) in [5.74, 6) is -0.304. The van der Waals surface area contributed by atoms with Crippen LogP contribution in [0.2, 0.25) is 10.0 Å². The Labute approximate surface area is 187 Å². The van der Waals surface area contributed by atoms with E-state index < -0.39 is 15.9 Å². The average molecular weight is 468 g/mol. The second kappa shape index (κ2) is 9.46. The van der Waals surface area contributed by atoms with Gasteiger partial charge in [0.25, 0.3) is 11.4 Å². The van der Waals surface area contributed by atoms with E-state index in [1.165, 1.54) is 24.3 Å². The molecule has 164 valence electrons. The Morgan fingerprint density at radius 1 is 1.03 bits per heavy atom. The van der Waals surface area contributed by atoms with Gasteiger partial charge < -0.3 is 10.2 Å². The molecule has 1 N–H and O–H groups in total. The molecule has 1 unspecified atom stereocenters. The van der Waals surface area contributed by atoms with Gasteiger partial charge >= 0.3 is 0 Å². The van der Waals surface area contributed by atoms with Crippen LogP contribution in [-0.2, 0) is 4.79 Å². The van der Waals surface area contributed by atoms with Crippen molar-refractivity contribution >= 4 is 51.9 Å². The number of non-ortho nitro benzene ring substituents is 1. The summed E-state index contributed by atoms with van der Waals surface area (Å²) < 4.78 is 0. The third-order valence-electron chi connectivity index (χ3n) is 5.14. The number of halogens is 2. The van der Waals surface area contributed by atoms with E-state index in [2.05, 4.69) is 5.32 Å². The van der Waals surface area contributed by atoms with Crippen molar-refractivity contribution in [1.29, 1.82) is 0 Å². The lowest BCUT2D eigenvalue weighted by Gasteiger charge is -2.38. The predicted octanol–water partition coefficient (Wildman–Crippen LogP) is 3.96. The van der Waals surface area contributed by atoms with Gasteiger partial charge in [-0.2, -0.15) is 0 Å². The molecular weight excluding hydrogens is 449 g/mol. The van der Waals surface area contributed by atoms with Gasteiger partial charge in [0.1, 0.15) is 5.69 Å². The van der Waals surface area contributed by atoms with Crippen molar-refractivity contribution < 1.29 is 14.6 Å². The summed E-state index contributed by atoms with van der Waals surface area (Å²) in [6.07, 6.45) is 0. The van der Waals surface area contributed by atoms with Crippen LogP contribution in [0.15, 0.2) is 36.4 Å². The lowest BCUT2D eigenvalue weighted by molar-refractivity contribution is -0.384. The molecule has 1 fully saturated rings. The molecule has 1 amide bonds. The summed E-state index contributed by atoms with van der Waals surface area (Å²) in [6, 6.07) is 7.91. The molecule has 1 atom stereocenters. The van der Waals surface area contributed by atoms with E-state index in [4.69, 9.17) is 23.2 Å². The lowest BCUT2D eigenvalue weighted by Crippen LogP contribution is -2.53. The maximum atomic E-state index is 12.7. The number of hydrogen-bond donors (Lipinski definition) is 1. The quantitative estimate of drug-likeness (QED) is 0.503. The second-order valence-electron chi connectivity index (χ2n) is 7.00. The van der Waals surface area contributed by atoms with Gasteiger partial charge in [-0.3, -0.25) is 29.9 Å². The fourth-order valence-electron chi connectivity index (χ4n) is 3.38. The Morgan fingerprint density at radius 3 is 2.29 bits per heavy atom. The Morgan fingerprint density at radius 2 is 1.71 bits per heavy atom. The second-order valence-corrected chi connectivity index (χ2v) is 7.84. The number of anilines is 2. The van der Waals surface area contributed by atoms with Crippen molar-refractivity contribution in [1.82, 2.24) is 4.90 Å². The largest absolute Gasteiger partial charge is 0.363 e. The minimum atomic E-state index is -0.565. The zero-order valence-electron chi connectivity index (χ0n) is 16.5. The normalized spacial score (nSPS) is 15.4. The van der Waals surface area contributed by atoms with Crippen LogP contribution < -0.4 is 10.2 Å². The number of carbonyl (C=O) groups is 1. The summed E-state index contributed by atoms with van der Waals surface area (Å²) in [5.41, 5.74) is 0.561. The summed E-state index contributed by atoms with van der Waals surface area (Å²) in [4.78, 5) is 37.6. The number of rotatable bonds is 6. The minimum absolute atomic E-state index is 0.0560. The molecule has 2 aromatic rings. The Bertz CT molecular complexity index is 1030. The van der Waals surface area contributed by atoms with Gasteiger partial charge in [-0.15, -0.1) is 0 Å². The van der Waals surface area contributed by atoms with Gasteiger partial charge in [0.2, 0.25) is 5.91 Å². The molecule has 0 bridgehead atoms. The SMILES string of the molecule is CC(C(=O)Nc1ccc([N+](=O)[O-])cc1Cl)N1CCN(c2ccc(Cl)cc2[N+](=O)[O-])CC1. The van der Waals surface area contributed by atoms with Crippen LogP contribution >= 0.6 is 23.2 Å². The first-order valence-corrected chi connectivity index (χ1v) is 10.1. The Kier molecular flexibility index (Phi) is 6.94. The fraction of sp³-hybridized carbons (Fsp3) is 0.316. The topological polar surface area (TPSA) is 122 Å². The highest BCUT2D eigenvalue weighted by molar-refractivity contribution is 6.34. The van der Waals surface area contributed by atoms with Crippen LogP contribution in [0.25, 0.3) is 0 Å². The van der Waals surface area contributed by atoms with Crippen LogP contribution in [0.4, 0.5) is 22.7 Å². The fourth-order valence-corrected chi connectivity index (χ4v) is 3.77. The summed E-state index contributed by atoms with van der Waals surface area (Å²) in [5, 5.41) is 25.2. The number of nitro groups is 2. The molecule has 0 aliphatic carbocycles. The van der Waals surface area contributed by atoms with Crippen molar-refractivity contribution in [2.24, 2.45) is 0 Å². The molecule has 0 spiro atoms. The van der Waals surface area contributed by atoms with Crippen molar-refractivity contribution in [3.8, 4) is 0 Å². The first-order valence-electron chi connectivity index (χ1n) is 9.35. The van der Waals surface area contributed by atoms with Crippen LogP contribution in [0, 0.1) is 20.2 Å². The number of nitro benzene ring substituents is 2. The summed E-state index contributed by atoms with van der Waals surface area (Å²) in [6.45, 7) is 3.77. The molecule has 1 aliphatic heterocycles. The highest BCUT2D eigenvalue weighted by Gasteiger charge is 2.29. The van der Waals surface area contributed by atoms with E-state index >= 15 is 0 Å². The molecule has 0 aromatic heterocycles. The third-order valence-corrected chi connectivity index (χ3v) is 5.69. The summed E-state index contributed by atoms with van der Waals surface area (Å²) in [7, 11) is 0. The zero-order chi connectivity index (χ0) is 22.7. The molecular formula is C19H19Cl2N5O5. The van der Waals surface area contributed by atoms with Gasteiger partial charge in [-0.25, -0.2) is 0 Å². The number of amides is 1. The predicted molar refractivity (Wildman–Crippen MR) is 118 cm³/mol. The highest BCUT2D eigenvalue weighted by Crippen LogP contribution is 2.32. The number of hydrogen-bond acceptors (Lipinski definition) is 7. The maximum Gasteiger partial charge on any atom is 0.294 e. The standard InChI is InChI=1S/C19H19Cl2N5O5/c1-12(19(27)22-16-4-3-14(25(28)29)11-15(16)21)23-6-8-24(9-7-23)17-5-2-13(20)10-18(17)26(30)31/h2-5,10-12H,6-9H2,1H3,(H,22,27). The molecule has 10 nitrogen and oxygen atoms in total. The smallest absolute Gasteiger partial charge is 0.294 e. The highest BCUT2D eigenvalue weighted by atomic mass is 35.5. The number of carbonyl (C=O) groups excluding carboxylic acids is 1. The molecule has 3 rings (SSSR count). The van der Waals surface area contributed by atoms with Crippen molar-refractivity contribution in [3.05, 3.63) is 66.7 Å². The average Bonchev–Trinajstić information content (AvgIpc) is 2.74. The van der Waals surface area contributed by atoms with E-state index in [9.17, 15) is 25.0 Å². The molecule has 0 radical (unpaired) electrons. The van der Waals surface area contributed by atoms with Crippen LogP contribution in [-0.4, -0.2) is 52.9 Å². The summed E-state index contributed by atoms with van der Waals surface area (Å²) >= 11 is 11.9. The number of nitrogens with one attached hydrogen (secondary N) is 1. The van der Waals surface area contributed by atoms with Crippen LogP contribution in [0.5, 0.6) is 0 Å². The van der Waals surface area contributed by atoms with Crippen molar-refractivity contribution in [2.75, 3.05) is 36.4 Å². The third kappa shape index (κ3) is 5.22. The lowest BCUT2D eigenvalue weighted by atomic mass is 10.1. The number of piperazine rings is 1. The molecule has 2 aromatic carbocycles. The van der Waals surface area contributed by atoms with Crippen molar-refractivity contribution in [3.63, 3.8) is 0 Å². The van der Waals surface area contributed by atoms with Gasteiger partial charge in [-0.05, 0) is 25.1 Å². The molecule has 12 heteroatoms. The van der Waals surface area contributed by atoms with Gasteiger partial charge in [0.15, 0.2) is 0 Å². The molecule has 1 saturated heterocycles. The Hall–Kier alpha value is -2.95. The van der Waals surface area contributed by atoms with E-state index in [1.54, 1.807) is 19.1 Å². The van der Waals surface area contributed by atoms with E-state index in [0.717, 1.165) is 0 Å². The molecule has 0 saturated carbocycles. The molecule has 31 heavy (non-hydrogen) atoms. The van der Waals surface area contributed by atoms with Gasteiger partial charge in [-0.1, -0.05) is 23.2 Å². The van der Waals surface area contributed by atoms with Crippen LogP contribution in [0.1, 0.15) is 6.92 Å². The van der Waals surface area contributed by atoms with Crippen LogP contribution in [0.3, 0.4) is 0 Å². The minimum Gasteiger partial charge on any atom is -0.363 e. The Balaban J connectivity index is 1.63. The van der Waals surface area contributed by atoms with E-state index in [0.29, 0.717) is 42.6 Å². The van der Waals surface area contributed by atoms with Gasteiger partial charge in [0, 0.05) is 49.4 Å². The molecule has 1 aliphatic rings. The number of nitrogens with zero attached hydrogens (tertiary/aromatic N) is 4. The maximum absolute atomic E-state index is 12.7. The number of benzene rings is 2.